The maximum absolute atomic E-state index is 15.4. The summed E-state index contributed by atoms with van der Waals surface area (Å²) in [6.45, 7) is -0.0359. The smallest absolute Gasteiger partial charge is 0.340 e. The van der Waals surface area contributed by atoms with Crippen LogP contribution in [0, 0.1) is 0 Å². The van der Waals surface area contributed by atoms with Crippen LogP contribution in [-0.4, -0.2) is 60.5 Å². The van der Waals surface area contributed by atoms with Gasteiger partial charge in [-0.1, -0.05) is 72.8 Å². The predicted octanol–water partition coefficient (Wildman–Crippen LogP) is 5.90. The highest BCUT2D eigenvalue weighted by atomic mass is 19.3. The highest BCUT2D eigenvalue weighted by Crippen LogP contribution is 2.48. The second-order valence-electron chi connectivity index (χ2n) is 10.5. The van der Waals surface area contributed by atoms with Crippen LogP contribution in [0.3, 0.4) is 0 Å². The van der Waals surface area contributed by atoms with E-state index in [1.807, 2.05) is 0 Å². The third-order valence-electron chi connectivity index (χ3n) is 7.35. The fraction of sp³-hybridized carbons (Fsp3) is 0.200. The van der Waals surface area contributed by atoms with Gasteiger partial charge in [0.25, 0.3) is 6.43 Å². The molecule has 11 heteroatoms. The Morgan fingerprint density at radius 3 is 1.46 bits per heavy atom. The molecular formula is C35H28F2O9. The molecule has 0 saturated carbocycles. The molecule has 5 rings (SSSR count). The fourth-order valence-electron chi connectivity index (χ4n) is 4.94. The second kappa shape index (κ2) is 13.7. The van der Waals surface area contributed by atoms with Crippen LogP contribution in [-0.2, 0) is 23.7 Å². The van der Waals surface area contributed by atoms with E-state index >= 15 is 8.78 Å². The standard InChI is InChI=1S/C35H28F2O9/c1-34(45-30(41)26-20-12-5-13-21-26)31(43-28(39)24-16-8-3-9-17-24)35(32(36)37,22-42-27(38)23-14-6-2-7-15-23)46-33(34)44-29(40)25-18-10-4-11-19-25/h2-21,31-33H,22H2,1H3/t31-,33?,34?,35+/m0/s1. The van der Waals surface area contributed by atoms with E-state index in [0.29, 0.717) is 0 Å². The molecule has 1 saturated heterocycles. The highest BCUT2D eigenvalue weighted by Gasteiger charge is 2.72. The molecule has 0 bridgehead atoms. The van der Waals surface area contributed by atoms with Crippen molar-refractivity contribution in [2.75, 3.05) is 6.61 Å². The molecule has 1 aliphatic rings. The molecular weight excluding hydrogens is 602 g/mol. The van der Waals surface area contributed by atoms with Gasteiger partial charge in [0.15, 0.2) is 6.10 Å². The molecule has 2 unspecified atom stereocenters. The van der Waals surface area contributed by atoms with Crippen molar-refractivity contribution in [3.05, 3.63) is 144 Å². The van der Waals surface area contributed by atoms with Crippen LogP contribution in [0.4, 0.5) is 8.78 Å². The van der Waals surface area contributed by atoms with Crippen molar-refractivity contribution in [1.29, 1.82) is 0 Å². The lowest BCUT2D eigenvalue weighted by molar-refractivity contribution is -0.224. The van der Waals surface area contributed by atoms with Crippen molar-refractivity contribution in [1.82, 2.24) is 0 Å². The van der Waals surface area contributed by atoms with E-state index in [-0.39, 0.29) is 22.3 Å². The molecule has 46 heavy (non-hydrogen) atoms. The number of alkyl halides is 2. The normalized spacial score (nSPS) is 22.1. The molecule has 0 spiro atoms. The third kappa shape index (κ3) is 6.64. The van der Waals surface area contributed by atoms with Crippen LogP contribution < -0.4 is 0 Å². The molecule has 1 fully saturated rings. The van der Waals surface area contributed by atoms with E-state index in [9.17, 15) is 19.2 Å². The molecule has 4 atom stereocenters. The minimum absolute atomic E-state index is 0.0200. The Kier molecular flexibility index (Phi) is 9.53. The van der Waals surface area contributed by atoms with Crippen LogP contribution in [0.15, 0.2) is 121 Å². The summed E-state index contributed by atoms with van der Waals surface area (Å²) in [7, 11) is 0. The first-order chi connectivity index (χ1) is 22.1. The molecule has 0 aromatic heterocycles. The van der Waals surface area contributed by atoms with Gasteiger partial charge in [-0.3, -0.25) is 0 Å². The Labute approximate surface area is 262 Å². The lowest BCUT2D eigenvalue weighted by atomic mass is 9.87. The number of hydrogen-bond acceptors (Lipinski definition) is 9. The quantitative estimate of drug-likeness (QED) is 0.156. The van der Waals surface area contributed by atoms with Crippen molar-refractivity contribution in [3.8, 4) is 0 Å². The van der Waals surface area contributed by atoms with E-state index in [0.717, 1.165) is 6.92 Å². The zero-order chi connectivity index (χ0) is 32.7. The maximum Gasteiger partial charge on any atom is 0.340 e. The zero-order valence-electron chi connectivity index (χ0n) is 24.4. The van der Waals surface area contributed by atoms with Gasteiger partial charge in [0.05, 0.1) is 22.3 Å². The Bertz CT molecular complexity index is 1670. The second-order valence-corrected chi connectivity index (χ2v) is 10.5. The van der Waals surface area contributed by atoms with Crippen LogP contribution in [0.5, 0.6) is 0 Å². The van der Waals surface area contributed by atoms with Crippen molar-refractivity contribution >= 4 is 23.9 Å². The number of hydrogen-bond donors (Lipinski definition) is 0. The minimum atomic E-state index is -3.53. The molecule has 4 aromatic rings. The van der Waals surface area contributed by atoms with Crippen molar-refractivity contribution in [3.63, 3.8) is 0 Å². The van der Waals surface area contributed by atoms with Crippen LogP contribution in [0.25, 0.3) is 0 Å². The van der Waals surface area contributed by atoms with E-state index in [4.69, 9.17) is 23.7 Å². The molecule has 0 aliphatic carbocycles. The highest BCUT2D eigenvalue weighted by molar-refractivity contribution is 5.92. The minimum Gasteiger partial charge on any atom is -0.459 e. The molecule has 0 amide bonds. The monoisotopic (exact) mass is 630 g/mol. The molecule has 0 radical (unpaired) electrons. The molecule has 1 heterocycles. The SMILES string of the molecule is CC1(OC(=O)c2ccccc2)C(OC(=O)c2ccccc2)O[C@@](COC(=O)c2ccccc2)(C(F)F)[C@H]1OC(=O)c1ccccc1. The van der Waals surface area contributed by atoms with E-state index in [1.165, 1.54) is 60.7 Å². The van der Waals surface area contributed by atoms with Crippen LogP contribution in [0.1, 0.15) is 48.4 Å². The van der Waals surface area contributed by atoms with Gasteiger partial charge >= 0.3 is 23.9 Å². The first-order valence-electron chi connectivity index (χ1n) is 14.1. The van der Waals surface area contributed by atoms with E-state index in [2.05, 4.69) is 0 Å². The van der Waals surface area contributed by atoms with E-state index in [1.54, 1.807) is 60.7 Å². The summed E-state index contributed by atoms with van der Waals surface area (Å²) in [5.74, 6) is -4.08. The van der Waals surface area contributed by atoms with Crippen molar-refractivity contribution in [2.24, 2.45) is 0 Å². The number of rotatable bonds is 10. The van der Waals surface area contributed by atoms with Crippen LogP contribution >= 0.6 is 0 Å². The molecule has 236 valence electrons. The topological polar surface area (TPSA) is 114 Å². The first kappa shape index (κ1) is 32.0. The number of ether oxygens (including phenoxy) is 5. The molecule has 0 N–H and O–H groups in total. The van der Waals surface area contributed by atoms with Crippen LogP contribution in [0.2, 0.25) is 0 Å². The Hall–Kier alpha value is -5.42. The summed E-state index contributed by atoms with van der Waals surface area (Å²) in [6, 6.07) is 30.2. The summed E-state index contributed by atoms with van der Waals surface area (Å²) < 4.78 is 58.9. The largest absolute Gasteiger partial charge is 0.459 e. The fourth-order valence-corrected chi connectivity index (χ4v) is 4.94. The Morgan fingerprint density at radius 1 is 0.630 bits per heavy atom. The number of carbonyl (C=O) groups excluding carboxylic acids is 4. The number of carbonyl (C=O) groups is 4. The lowest BCUT2D eigenvalue weighted by Gasteiger charge is -2.36. The summed E-state index contributed by atoms with van der Waals surface area (Å²) in [5.41, 5.74) is -5.28. The van der Waals surface area contributed by atoms with Gasteiger partial charge in [-0.15, -0.1) is 0 Å². The average Bonchev–Trinajstić information content (AvgIpc) is 3.31. The average molecular weight is 631 g/mol. The predicted molar refractivity (Wildman–Crippen MR) is 158 cm³/mol. The number of benzene rings is 4. The van der Waals surface area contributed by atoms with Gasteiger partial charge in [0.1, 0.15) is 6.61 Å². The summed E-state index contributed by atoms with van der Waals surface area (Å²) in [4.78, 5) is 52.9. The summed E-state index contributed by atoms with van der Waals surface area (Å²) in [6.07, 6.45) is -7.76. The van der Waals surface area contributed by atoms with Gasteiger partial charge in [0, 0.05) is 0 Å². The molecule has 4 aromatic carbocycles. The summed E-state index contributed by atoms with van der Waals surface area (Å²) in [5, 5.41) is 0. The van der Waals surface area contributed by atoms with Gasteiger partial charge < -0.3 is 23.7 Å². The first-order valence-corrected chi connectivity index (χ1v) is 14.1. The Morgan fingerprint density at radius 2 is 1.02 bits per heavy atom. The van der Waals surface area contributed by atoms with Crippen molar-refractivity contribution in [2.45, 2.75) is 36.9 Å². The van der Waals surface area contributed by atoms with E-state index < -0.39 is 60.5 Å². The van der Waals surface area contributed by atoms with Gasteiger partial charge in [-0.2, -0.15) is 0 Å². The molecule has 1 aliphatic heterocycles. The zero-order valence-corrected chi connectivity index (χ0v) is 24.4. The maximum atomic E-state index is 15.4. The number of esters is 4. The number of halogens is 2. The summed E-state index contributed by atoms with van der Waals surface area (Å²) >= 11 is 0. The van der Waals surface area contributed by atoms with Crippen molar-refractivity contribution < 1.29 is 51.6 Å². The van der Waals surface area contributed by atoms with Gasteiger partial charge in [0.2, 0.25) is 17.5 Å². The lowest BCUT2D eigenvalue weighted by Crippen LogP contribution is -2.59. The molecule has 9 nitrogen and oxygen atoms in total. The van der Waals surface area contributed by atoms with Gasteiger partial charge in [-0.25, -0.2) is 28.0 Å². The Balaban J connectivity index is 1.59. The van der Waals surface area contributed by atoms with Gasteiger partial charge in [-0.05, 0) is 55.5 Å². The third-order valence-corrected chi connectivity index (χ3v) is 7.35.